The zero-order valence-corrected chi connectivity index (χ0v) is 16.3. The van der Waals surface area contributed by atoms with Gasteiger partial charge in [-0.25, -0.2) is 0 Å². The quantitative estimate of drug-likeness (QED) is 0.771. The van der Waals surface area contributed by atoms with Crippen molar-refractivity contribution in [1.82, 2.24) is 15.1 Å². The average Bonchev–Trinajstić information content (AvgIpc) is 3.30. The minimum Gasteiger partial charge on any atom is -0.371 e. The first-order valence-electron chi connectivity index (χ1n) is 9.24. The lowest BCUT2D eigenvalue weighted by molar-refractivity contribution is -0.116. The largest absolute Gasteiger partial charge is 0.371 e. The van der Waals surface area contributed by atoms with E-state index in [1.54, 1.807) is 0 Å². The molecule has 1 aromatic heterocycles. The molecule has 0 aliphatic carbocycles. The summed E-state index contributed by atoms with van der Waals surface area (Å²) in [5, 5.41) is 12.4. The van der Waals surface area contributed by atoms with Crippen molar-refractivity contribution in [1.29, 1.82) is 0 Å². The van der Waals surface area contributed by atoms with Gasteiger partial charge >= 0.3 is 0 Å². The summed E-state index contributed by atoms with van der Waals surface area (Å²) in [6.07, 6.45) is 2.53. The van der Waals surface area contributed by atoms with E-state index in [4.69, 9.17) is 0 Å². The highest BCUT2D eigenvalue weighted by molar-refractivity contribution is 7.15. The summed E-state index contributed by atoms with van der Waals surface area (Å²) >= 11 is 1.45. The Morgan fingerprint density at radius 3 is 2.88 bits per heavy atom. The number of hydrogen-bond donors (Lipinski definition) is 1. The Hall–Kier alpha value is -1.99. The van der Waals surface area contributed by atoms with Crippen LogP contribution >= 0.6 is 11.3 Å². The fourth-order valence-corrected chi connectivity index (χ4v) is 4.00. The van der Waals surface area contributed by atoms with Crippen LogP contribution in [0.15, 0.2) is 30.3 Å². The molecule has 140 valence electrons. The maximum absolute atomic E-state index is 12.1. The molecule has 0 spiro atoms. The normalized spacial score (nSPS) is 17.0. The first-order chi connectivity index (χ1) is 12.6. The van der Waals surface area contributed by atoms with Crippen molar-refractivity contribution in [3.05, 3.63) is 35.3 Å². The van der Waals surface area contributed by atoms with Crippen LogP contribution in [-0.4, -0.2) is 54.2 Å². The zero-order valence-electron chi connectivity index (χ0n) is 15.5. The van der Waals surface area contributed by atoms with Gasteiger partial charge in [0.05, 0.1) is 0 Å². The van der Waals surface area contributed by atoms with E-state index in [0.717, 1.165) is 37.6 Å². The fraction of sp³-hybridized carbons (Fsp3) is 0.526. The topological polar surface area (TPSA) is 61.4 Å². The number of aryl methyl sites for hydroxylation is 1. The summed E-state index contributed by atoms with van der Waals surface area (Å²) in [4.78, 5) is 16.8. The maximum Gasteiger partial charge on any atom is 0.227 e. The van der Waals surface area contributed by atoms with Gasteiger partial charge in [-0.05, 0) is 37.9 Å². The fourth-order valence-electron chi connectivity index (χ4n) is 3.31. The molecule has 1 amide bonds. The summed E-state index contributed by atoms with van der Waals surface area (Å²) in [5.74, 6) is 0.659. The van der Waals surface area contributed by atoms with Crippen LogP contribution in [0.1, 0.15) is 24.8 Å². The number of benzene rings is 1. The highest BCUT2D eigenvalue weighted by Crippen LogP contribution is 2.24. The third-order valence-corrected chi connectivity index (χ3v) is 5.70. The van der Waals surface area contributed by atoms with Crippen LogP contribution in [0.25, 0.3) is 0 Å². The first kappa shape index (κ1) is 18.8. The van der Waals surface area contributed by atoms with E-state index in [9.17, 15) is 4.79 Å². The number of carbonyl (C=O) groups excluding carboxylic acids is 1. The molecule has 1 aliphatic heterocycles. The van der Waals surface area contributed by atoms with Crippen LogP contribution in [0.5, 0.6) is 0 Å². The van der Waals surface area contributed by atoms with Gasteiger partial charge in [0.25, 0.3) is 0 Å². The number of nitrogens with zero attached hydrogens (tertiary/aromatic N) is 4. The summed E-state index contributed by atoms with van der Waals surface area (Å²) in [5.41, 5.74) is 1.31. The Kier molecular flexibility index (Phi) is 6.57. The Bertz CT molecular complexity index is 705. The summed E-state index contributed by atoms with van der Waals surface area (Å²) in [6.45, 7) is 6.01. The monoisotopic (exact) mass is 373 g/mol. The van der Waals surface area contributed by atoms with Crippen LogP contribution in [0, 0.1) is 5.92 Å². The molecular weight excluding hydrogens is 346 g/mol. The Balaban J connectivity index is 1.37. The molecule has 1 atom stereocenters. The number of rotatable bonds is 8. The van der Waals surface area contributed by atoms with E-state index in [1.165, 1.54) is 23.4 Å². The molecule has 0 saturated carbocycles. The summed E-state index contributed by atoms with van der Waals surface area (Å²) < 4.78 is 0. The SMILES string of the molecule is CCc1nnc(NC(=O)CCN(C)C[C@@H]2CCN(c3ccccc3)C2)s1. The Labute approximate surface area is 159 Å². The number of amides is 1. The molecule has 1 N–H and O–H groups in total. The molecule has 6 nitrogen and oxygen atoms in total. The third kappa shape index (κ3) is 5.25. The van der Waals surface area contributed by atoms with Gasteiger partial charge in [-0.1, -0.05) is 36.5 Å². The van der Waals surface area contributed by atoms with Gasteiger partial charge in [-0.3, -0.25) is 4.79 Å². The molecule has 26 heavy (non-hydrogen) atoms. The van der Waals surface area contributed by atoms with Crippen LogP contribution in [0.4, 0.5) is 10.8 Å². The van der Waals surface area contributed by atoms with Gasteiger partial charge in [-0.15, -0.1) is 10.2 Å². The predicted molar refractivity (Wildman–Crippen MR) is 107 cm³/mol. The second-order valence-corrected chi connectivity index (χ2v) is 7.91. The number of carbonyl (C=O) groups is 1. The molecule has 0 unspecified atom stereocenters. The molecule has 1 saturated heterocycles. The first-order valence-corrected chi connectivity index (χ1v) is 10.1. The van der Waals surface area contributed by atoms with Crippen molar-refractivity contribution in [3.63, 3.8) is 0 Å². The van der Waals surface area contributed by atoms with Crippen LogP contribution in [-0.2, 0) is 11.2 Å². The molecule has 2 heterocycles. The van der Waals surface area contributed by atoms with Crippen molar-refractivity contribution in [2.45, 2.75) is 26.2 Å². The number of hydrogen-bond acceptors (Lipinski definition) is 6. The van der Waals surface area contributed by atoms with E-state index in [2.05, 4.69) is 62.7 Å². The lowest BCUT2D eigenvalue weighted by atomic mass is 10.1. The van der Waals surface area contributed by atoms with E-state index in [0.29, 0.717) is 17.5 Å². The van der Waals surface area contributed by atoms with E-state index >= 15 is 0 Å². The summed E-state index contributed by atoms with van der Waals surface area (Å²) in [6, 6.07) is 10.6. The minimum atomic E-state index is 0.00740. The van der Waals surface area contributed by atoms with Crippen molar-refractivity contribution in [2.24, 2.45) is 5.92 Å². The van der Waals surface area contributed by atoms with Crippen LogP contribution in [0.3, 0.4) is 0 Å². The van der Waals surface area contributed by atoms with Gasteiger partial charge in [0.15, 0.2) is 0 Å². The standard InChI is InChI=1S/C19H27N5OS/c1-3-18-21-22-19(26-18)20-17(25)10-11-23(2)13-15-9-12-24(14-15)16-7-5-4-6-8-16/h4-8,15H,3,9-14H2,1-2H3,(H,20,22,25)/t15-/m0/s1. The minimum absolute atomic E-state index is 0.00740. The smallest absolute Gasteiger partial charge is 0.227 e. The van der Waals surface area contributed by atoms with E-state index in [1.807, 2.05) is 6.92 Å². The molecule has 1 aromatic carbocycles. The zero-order chi connectivity index (χ0) is 18.4. The van der Waals surface area contributed by atoms with Crippen molar-refractivity contribution in [2.75, 3.05) is 43.4 Å². The molecule has 0 bridgehead atoms. The Morgan fingerprint density at radius 2 is 2.15 bits per heavy atom. The van der Waals surface area contributed by atoms with Crippen LogP contribution in [0.2, 0.25) is 0 Å². The molecule has 7 heteroatoms. The molecule has 2 aromatic rings. The lowest BCUT2D eigenvalue weighted by Gasteiger charge is -2.22. The maximum atomic E-state index is 12.1. The van der Waals surface area contributed by atoms with Gasteiger partial charge in [-0.2, -0.15) is 0 Å². The number of nitrogens with one attached hydrogen (secondary N) is 1. The van der Waals surface area contributed by atoms with Crippen LogP contribution < -0.4 is 10.2 Å². The average molecular weight is 374 g/mol. The van der Waals surface area contributed by atoms with E-state index in [-0.39, 0.29) is 5.91 Å². The number of para-hydroxylation sites is 1. The molecule has 1 fully saturated rings. The number of aromatic nitrogens is 2. The van der Waals surface area contributed by atoms with Gasteiger partial charge in [0.1, 0.15) is 5.01 Å². The predicted octanol–water partition coefficient (Wildman–Crippen LogP) is 2.89. The molecular formula is C19H27N5OS. The summed E-state index contributed by atoms with van der Waals surface area (Å²) in [7, 11) is 2.10. The highest BCUT2D eigenvalue weighted by atomic mass is 32.1. The van der Waals surface area contributed by atoms with Gasteiger partial charge < -0.3 is 15.1 Å². The number of anilines is 2. The highest BCUT2D eigenvalue weighted by Gasteiger charge is 2.23. The van der Waals surface area contributed by atoms with Gasteiger partial charge in [0, 0.05) is 38.3 Å². The van der Waals surface area contributed by atoms with Gasteiger partial charge in [0.2, 0.25) is 11.0 Å². The molecule has 0 radical (unpaired) electrons. The van der Waals surface area contributed by atoms with E-state index < -0.39 is 0 Å². The lowest BCUT2D eigenvalue weighted by Crippen LogP contribution is -2.30. The third-order valence-electron chi connectivity index (χ3n) is 4.71. The second-order valence-electron chi connectivity index (χ2n) is 6.85. The molecule has 3 rings (SSSR count). The Morgan fingerprint density at radius 1 is 1.35 bits per heavy atom. The van der Waals surface area contributed by atoms with Crippen molar-refractivity contribution < 1.29 is 4.79 Å². The second kappa shape index (κ2) is 9.09. The van der Waals surface area contributed by atoms with Crippen molar-refractivity contribution >= 4 is 28.1 Å². The van der Waals surface area contributed by atoms with Crippen molar-refractivity contribution in [3.8, 4) is 0 Å². The molecule has 1 aliphatic rings.